The van der Waals surface area contributed by atoms with Crippen LogP contribution in [0.25, 0.3) is 22.6 Å². The fourth-order valence-electron chi connectivity index (χ4n) is 4.52. The van der Waals surface area contributed by atoms with Gasteiger partial charge in [0.25, 0.3) is 0 Å². The Morgan fingerprint density at radius 3 is 2.45 bits per heavy atom. The molecule has 12 heteroatoms. The summed E-state index contributed by atoms with van der Waals surface area (Å²) in [7, 11) is 1.47. The molecule has 0 spiro atoms. The van der Waals surface area contributed by atoms with E-state index in [4.69, 9.17) is 16.3 Å². The lowest BCUT2D eigenvalue weighted by Gasteiger charge is -2.17. The molecule has 0 saturated heterocycles. The number of pyridine rings is 1. The van der Waals surface area contributed by atoms with E-state index in [0.29, 0.717) is 22.4 Å². The van der Waals surface area contributed by atoms with Crippen molar-refractivity contribution in [1.29, 1.82) is 0 Å². The molecule has 1 aromatic carbocycles. The highest BCUT2D eigenvalue weighted by Crippen LogP contribution is 2.46. The number of imidazole rings is 1. The molecule has 0 radical (unpaired) electrons. The van der Waals surface area contributed by atoms with Crippen molar-refractivity contribution in [2.45, 2.75) is 57.2 Å². The van der Waals surface area contributed by atoms with E-state index in [2.05, 4.69) is 25.3 Å². The third-order valence-corrected chi connectivity index (χ3v) is 7.03. The third kappa shape index (κ3) is 5.47. The molecule has 210 valence electrons. The van der Waals surface area contributed by atoms with E-state index < -0.39 is 17.7 Å². The number of aromatic nitrogens is 5. The first kappa shape index (κ1) is 27.8. The van der Waals surface area contributed by atoms with Crippen molar-refractivity contribution in [1.82, 2.24) is 24.5 Å². The number of halogens is 5. The number of hydrogen-bond donors (Lipinski definition) is 1. The maximum absolute atomic E-state index is 16.0. The van der Waals surface area contributed by atoms with Crippen molar-refractivity contribution in [3.8, 4) is 28.5 Å². The van der Waals surface area contributed by atoms with Crippen LogP contribution in [-0.2, 0) is 18.6 Å². The average Bonchev–Trinajstić information content (AvgIpc) is 3.68. The third-order valence-electron chi connectivity index (χ3n) is 6.74. The number of methoxy groups -OCH3 is 1. The smallest absolute Gasteiger partial charge is 0.434 e. The highest BCUT2D eigenvalue weighted by Gasteiger charge is 2.35. The molecule has 3 heterocycles. The molecule has 0 unspecified atom stereocenters. The second-order valence-electron chi connectivity index (χ2n) is 9.87. The Hall–Kier alpha value is -3.73. The monoisotopic (exact) mass is 574 g/mol. The number of hydrogen-bond acceptors (Lipinski definition) is 6. The Balaban J connectivity index is 1.43. The molecule has 1 N–H and O–H groups in total. The molecule has 40 heavy (non-hydrogen) atoms. The van der Waals surface area contributed by atoms with E-state index in [0.717, 1.165) is 24.6 Å². The Labute approximate surface area is 233 Å². The van der Waals surface area contributed by atoms with Crippen molar-refractivity contribution in [3.63, 3.8) is 0 Å². The van der Waals surface area contributed by atoms with Crippen LogP contribution in [0.2, 0.25) is 0 Å². The van der Waals surface area contributed by atoms with Gasteiger partial charge in [-0.15, -0.1) is 11.6 Å². The van der Waals surface area contributed by atoms with Gasteiger partial charge in [0.15, 0.2) is 11.5 Å². The lowest BCUT2D eigenvalue weighted by Crippen LogP contribution is -2.08. The van der Waals surface area contributed by atoms with Gasteiger partial charge in [0, 0.05) is 42.0 Å². The summed E-state index contributed by atoms with van der Waals surface area (Å²) in [5, 5.41) is 3.12. The van der Waals surface area contributed by atoms with E-state index in [1.54, 1.807) is 38.1 Å². The molecule has 0 bridgehead atoms. The predicted octanol–water partition coefficient (Wildman–Crippen LogP) is 7.38. The number of nitrogens with one attached hydrogen (secondary N) is 1. The molecule has 7 nitrogen and oxygen atoms in total. The van der Waals surface area contributed by atoms with Crippen molar-refractivity contribution in [3.05, 3.63) is 71.3 Å². The maximum Gasteiger partial charge on any atom is 0.434 e. The minimum absolute atomic E-state index is 0.0305. The van der Waals surface area contributed by atoms with Crippen molar-refractivity contribution in [2.24, 2.45) is 0 Å². The highest BCUT2D eigenvalue weighted by atomic mass is 35.5. The zero-order valence-corrected chi connectivity index (χ0v) is 22.8. The lowest BCUT2D eigenvalue weighted by molar-refractivity contribution is -0.140. The van der Waals surface area contributed by atoms with Gasteiger partial charge in [-0.05, 0) is 32.3 Å². The van der Waals surface area contributed by atoms with E-state index in [1.807, 2.05) is 0 Å². The summed E-state index contributed by atoms with van der Waals surface area (Å²) in [5.74, 6) is 0.110. The van der Waals surface area contributed by atoms with Crippen molar-refractivity contribution < 1.29 is 22.3 Å². The molecule has 1 fully saturated rings. The summed E-state index contributed by atoms with van der Waals surface area (Å²) in [6.07, 6.45) is 1.30. The van der Waals surface area contributed by atoms with Gasteiger partial charge in [-0.1, -0.05) is 24.3 Å². The minimum atomic E-state index is -4.54. The number of alkyl halides is 4. The lowest BCUT2D eigenvalue weighted by atomic mass is 10.0. The molecule has 0 amide bonds. The zero-order valence-electron chi connectivity index (χ0n) is 22.1. The van der Waals surface area contributed by atoms with Crippen LogP contribution >= 0.6 is 11.6 Å². The first-order valence-corrected chi connectivity index (χ1v) is 13.3. The topological polar surface area (TPSA) is 77.8 Å². The van der Waals surface area contributed by atoms with Gasteiger partial charge in [-0.3, -0.25) is 4.98 Å². The number of benzene rings is 1. The molecular formula is C28H27ClF4N6O. The van der Waals surface area contributed by atoms with Crippen LogP contribution in [0.3, 0.4) is 0 Å². The van der Waals surface area contributed by atoms with Gasteiger partial charge < -0.3 is 14.6 Å². The van der Waals surface area contributed by atoms with Gasteiger partial charge >= 0.3 is 6.18 Å². The van der Waals surface area contributed by atoms with Crippen LogP contribution in [0.1, 0.15) is 61.2 Å². The largest absolute Gasteiger partial charge is 0.480 e. The molecule has 0 aliphatic heterocycles. The maximum atomic E-state index is 16.0. The number of ether oxygens (including phenoxy) is 1. The molecule has 3 aromatic heterocycles. The van der Waals surface area contributed by atoms with Crippen LogP contribution in [0.4, 0.5) is 23.2 Å². The van der Waals surface area contributed by atoms with E-state index in [9.17, 15) is 13.2 Å². The number of nitrogens with zero attached hydrogens (tertiary/aromatic N) is 5. The first-order valence-electron chi connectivity index (χ1n) is 12.7. The molecule has 1 saturated carbocycles. The molecule has 1 aliphatic rings. The first-order chi connectivity index (χ1) is 19.1. The summed E-state index contributed by atoms with van der Waals surface area (Å²) in [6, 6.07) is 6.70. The molecule has 1 aliphatic carbocycles. The van der Waals surface area contributed by atoms with E-state index >= 15 is 4.39 Å². The fourth-order valence-corrected chi connectivity index (χ4v) is 4.72. The minimum Gasteiger partial charge on any atom is -0.480 e. The Kier molecular flexibility index (Phi) is 7.67. The molecule has 0 atom stereocenters. The normalized spacial score (nSPS) is 13.6. The summed E-state index contributed by atoms with van der Waals surface area (Å²) in [4.78, 5) is 16.7. The SMILES string of the molecule is COc1ncnc(C2CC2)c1-c1ncc(CCl)c(NCc2ccc(-c3nc(C(F)(F)F)cn3C(C)C)cc2)c1F. The van der Waals surface area contributed by atoms with Crippen LogP contribution < -0.4 is 10.1 Å². The van der Waals surface area contributed by atoms with Gasteiger partial charge in [0.2, 0.25) is 5.88 Å². The van der Waals surface area contributed by atoms with Crippen molar-refractivity contribution >= 4 is 17.3 Å². The van der Waals surface area contributed by atoms with E-state index in [-0.39, 0.29) is 47.5 Å². The molecule has 5 rings (SSSR count). The van der Waals surface area contributed by atoms with Gasteiger partial charge in [0.05, 0.1) is 29.9 Å². The summed E-state index contributed by atoms with van der Waals surface area (Å²) < 4.78 is 62.8. The highest BCUT2D eigenvalue weighted by molar-refractivity contribution is 6.17. The molecule has 4 aromatic rings. The van der Waals surface area contributed by atoms with E-state index in [1.165, 1.54) is 24.2 Å². The van der Waals surface area contributed by atoms with Crippen LogP contribution in [0.15, 0.2) is 43.0 Å². The number of rotatable bonds is 9. The van der Waals surface area contributed by atoms with Gasteiger partial charge in [-0.2, -0.15) is 13.2 Å². The second kappa shape index (κ2) is 11.0. The summed E-state index contributed by atoms with van der Waals surface area (Å²) in [5.41, 5.74) is 2.25. The molecular weight excluding hydrogens is 548 g/mol. The van der Waals surface area contributed by atoms with Crippen LogP contribution in [0.5, 0.6) is 5.88 Å². The fraction of sp³-hybridized carbons (Fsp3) is 0.357. The average molecular weight is 575 g/mol. The zero-order chi connectivity index (χ0) is 28.6. The number of anilines is 1. The Bertz CT molecular complexity index is 1520. The van der Waals surface area contributed by atoms with Crippen LogP contribution in [-0.4, -0.2) is 31.6 Å². The van der Waals surface area contributed by atoms with Crippen molar-refractivity contribution in [2.75, 3.05) is 12.4 Å². The Morgan fingerprint density at radius 2 is 1.85 bits per heavy atom. The summed E-state index contributed by atoms with van der Waals surface area (Å²) >= 11 is 6.11. The second-order valence-corrected chi connectivity index (χ2v) is 10.1. The standard InChI is InChI=1S/C28H27ClF4N6O/c1-15(2)39-13-20(28(31,32)33)38-26(39)18-6-4-16(5-7-18)11-34-24-19(10-29)12-35-25(22(24)30)21-23(17-8-9-17)36-14-37-27(21)40-3/h4-7,12-15,17H,8-11H2,1-3H3,(H,34,35). The Morgan fingerprint density at radius 1 is 1.12 bits per heavy atom. The van der Waals surface area contributed by atoms with Gasteiger partial charge in [-0.25, -0.2) is 19.3 Å². The predicted molar refractivity (Wildman–Crippen MR) is 144 cm³/mol. The van der Waals surface area contributed by atoms with Crippen LogP contribution in [0, 0.1) is 5.82 Å². The quantitative estimate of drug-likeness (QED) is 0.166. The van der Waals surface area contributed by atoms with Gasteiger partial charge in [0.1, 0.15) is 17.8 Å². The summed E-state index contributed by atoms with van der Waals surface area (Å²) in [6.45, 7) is 3.82.